The lowest BCUT2D eigenvalue weighted by atomic mass is 10.2. The van der Waals surface area contributed by atoms with Gasteiger partial charge in [0, 0.05) is 19.8 Å². The SMILES string of the molecule is CCOCCCNCC(C)OC(C)(C)C. The summed E-state index contributed by atoms with van der Waals surface area (Å²) in [5, 5.41) is 3.36. The number of rotatable bonds is 8. The summed E-state index contributed by atoms with van der Waals surface area (Å²) in [4.78, 5) is 0. The fourth-order valence-electron chi connectivity index (χ4n) is 1.39. The fourth-order valence-corrected chi connectivity index (χ4v) is 1.39. The number of hydrogen-bond donors (Lipinski definition) is 1. The summed E-state index contributed by atoms with van der Waals surface area (Å²) in [5.74, 6) is 0. The molecule has 0 spiro atoms. The molecule has 0 amide bonds. The summed E-state index contributed by atoms with van der Waals surface area (Å²) >= 11 is 0. The van der Waals surface area contributed by atoms with Crippen molar-refractivity contribution in [2.45, 2.75) is 52.7 Å². The maximum Gasteiger partial charge on any atom is 0.0678 e. The van der Waals surface area contributed by atoms with E-state index < -0.39 is 0 Å². The Hall–Kier alpha value is -0.120. The first-order valence-corrected chi connectivity index (χ1v) is 5.92. The molecule has 0 aromatic heterocycles. The predicted molar refractivity (Wildman–Crippen MR) is 64.3 cm³/mol. The summed E-state index contributed by atoms with van der Waals surface area (Å²) in [7, 11) is 0. The van der Waals surface area contributed by atoms with Gasteiger partial charge < -0.3 is 14.8 Å². The van der Waals surface area contributed by atoms with Crippen LogP contribution in [0, 0.1) is 0 Å². The topological polar surface area (TPSA) is 30.5 Å². The monoisotopic (exact) mass is 217 g/mol. The molecule has 0 bridgehead atoms. The molecule has 0 rings (SSSR count). The van der Waals surface area contributed by atoms with Crippen LogP contribution in [-0.4, -0.2) is 38.0 Å². The first-order valence-electron chi connectivity index (χ1n) is 5.92. The fraction of sp³-hybridized carbons (Fsp3) is 1.00. The van der Waals surface area contributed by atoms with Crippen molar-refractivity contribution in [2.24, 2.45) is 0 Å². The van der Waals surface area contributed by atoms with Crippen molar-refractivity contribution < 1.29 is 9.47 Å². The van der Waals surface area contributed by atoms with Crippen LogP contribution in [0.4, 0.5) is 0 Å². The highest BCUT2D eigenvalue weighted by atomic mass is 16.5. The van der Waals surface area contributed by atoms with Crippen molar-refractivity contribution >= 4 is 0 Å². The van der Waals surface area contributed by atoms with Crippen molar-refractivity contribution in [3.8, 4) is 0 Å². The first kappa shape index (κ1) is 14.9. The zero-order valence-corrected chi connectivity index (χ0v) is 10.9. The van der Waals surface area contributed by atoms with E-state index in [1.807, 2.05) is 6.92 Å². The summed E-state index contributed by atoms with van der Waals surface area (Å²) < 4.78 is 11.0. The second-order valence-electron chi connectivity index (χ2n) is 4.80. The van der Waals surface area contributed by atoms with Crippen LogP contribution >= 0.6 is 0 Å². The Morgan fingerprint density at radius 1 is 1.27 bits per heavy atom. The zero-order chi connectivity index (χ0) is 11.7. The Balaban J connectivity index is 3.28. The molecule has 1 unspecified atom stereocenters. The van der Waals surface area contributed by atoms with Gasteiger partial charge in [-0.3, -0.25) is 0 Å². The van der Waals surface area contributed by atoms with Crippen molar-refractivity contribution in [2.75, 3.05) is 26.3 Å². The van der Waals surface area contributed by atoms with Gasteiger partial charge in [0.1, 0.15) is 0 Å². The van der Waals surface area contributed by atoms with E-state index in [2.05, 4.69) is 33.0 Å². The lowest BCUT2D eigenvalue weighted by molar-refractivity contribution is -0.0499. The maximum atomic E-state index is 5.77. The molecule has 3 nitrogen and oxygen atoms in total. The molecule has 0 fully saturated rings. The Morgan fingerprint density at radius 2 is 1.93 bits per heavy atom. The first-order chi connectivity index (χ1) is 6.95. The van der Waals surface area contributed by atoms with Gasteiger partial charge in [-0.1, -0.05) is 0 Å². The molecule has 0 aliphatic carbocycles. The van der Waals surface area contributed by atoms with Crippen LogP contribution < -0.4 is 5.32 Å². The largest absolute Gasteiger partial charge is 0.382 e. The lowest BCUT2D eigenvalue weighted by Crippen LogP contribution is -2.34. The quantitative estimate of drug-likeness (QED) is 0.632. The third kappa shape index (κ3) is 11.8. The number of ether oxygens (including phenoxy) is 2. The van der Waals surface area contributed by atoms with Crippen LogP contribution in [0.2, 0.25) is 0 Å². The molecule has 0 aromatic rings. The van der Waals surface area contributed by atoms with E-state index in [9.17, 15) is 0 Å². The molecule has 0 saturated heterocycles. The molecule has 0 heterocycles. The van der Waals surface area contributed by atoms with Crippen LogP contribution in [0.25, 0.3) is 0 Å². The third-order valence-corrected chi connectivity index (χ3v) is 1.83. The minimum Gasteiger partial charge on any atom is -0.382 e. The van der Waals surface area contributed by atoms with Crippen molar-refractivity contribution in [1.82, 2.24) is 5.32 Å². The highest BCUT2D eigenvalue weighted by Gasteiger charge is 2.14. The Labute approximate surface area is 94.5 Å². The normalized spacial score (nSPS) is 14.2. The van der Waals surface area contributed by atoms with Crippen molar-refractivity contribution in [3.63, 3.8) is 0 Å². The van der Waals surface area contributed by atoms with Gasteiger partial charge in [0.05, 0.1) is 11.7 Å². The molecular formula is C12H27NO2. The van der Waals surface area contributed by atoms with E-state index in [0.717, 1.165) is 32.7 Å². The molecular weight excluding hydrogens is 190 g/mol. The maximum absolute atomic E-state index is 5.77. The van der Waals surface area contributed by atoms with Gasteiger partial charge in [-0.2, -0.15) is 0 Å². The molecule has 15 heavy (non-hydrogen) atoms. The van der Waals surface area contributed by atoms with Crippen molar-refractivity contribution in [1.29, 1.82) is 0 Å². The average Bonchev–Trinajstić information content (AvgIpc) is 2.08. The molecule has 0 radical (unpaired) electrons. The Kier molecular flexibility index (Phi) is 8.02. The van der Waals surface area contributed by atoms with Crippen LogP contribution in [0.3, 0.4) is 0 Å². The predicted octanol–water partition coefficient (Wildman–Crippen LogP) is 2.21. The minimum absolute atomic E-state index is 0.0492. The van der Waals surface area contributed by atoms with Gasteiger partial charge in [0.2, 0.25) is 0 Å². The zero-order valence-electron chi connectivity index (χ0n) is 10.9. The molecule has 0 aromatic carbocycles. The van der Waals surface area contributed by atoms with E-state index in [1.54, 1.807) is 0 Å². The minimum atomic E-state index is -0.0492. The summed E-state index contributed by atoms with van der Waals surface area (Å²) in [5.41, 5.74) is -0.0492. The van der Waals surface area contributed by atoms with E-state index in [1.165, 1.54) is 0 Å². The van der Waals surface area contributed by atoms with Crippen LogP contribution in [0.15, 0.2) is 0 Å². The molecule has 0 saturated carbocycles. The highest BCUT2D eigenvalue weighted by molar-refractivity contribution is 4.64. The van der Waals surface area contributed by atoms with Gasteiger partial charge in [-0.25, -0.2) is 0 Å². The van der Waals surface area contributed by atoms with Crippen molar-refractivity contribution in [3.05, 3.63) is 0 Å². The van der Waals surface area contributed by atoms with E-state index in [4.69, 9.17) is 9.47 Å². The lowest BCUT2D eigenvalue weighted by Gasteiger charge is -2.25. The Morgan fingerprint density at radius 3 is 2.47 bits per heavy atom. The second-order valence-corrected chi connectivity index (χ2v) is 4.80. The van der Waals surface area contributed by atoms with E-state index >= 15 is 0 Å². The average molecular weight is 217 g/mol. The van der Waals surface area contributed by atoms with E-state index in [-0.39, 0.29) is 11.7 Å². The molecule has 0 aliphatic rings. The highest BCUT2D eigenvalue weighted by Crippen LogP contribution is 2.09. The van der Waals surface area contributed by atoms with Crippen LogP contribution in [0.1, 0.15) is 41.0 Å². The second kappa shape index (κ2) is 8.08. The molecule has 92 valence electrons. The van der Waals surface area contributed by atoms with Gasteiger partial charge in [0.25, 0.3) is 0 Å². The molecule has 0 aliphatic heterocycles. The van der Waals surface area contributed by atoms with Gasteiger partial charge in [-0.15, -0.1) is 0 Å². The molecule has 1 N–H and O–H groups in total. The smallest absolute Gasteiger partial charge is 0.0678 e. The molecule has 1 atom stereocenters. The Bertz CT molecular complexity index is 143. The van der Waals surface area contributed by atoms with Gasteiger partial charge in [0.15, 0.2) is 0 Å². The number of nitrogens with one attached hydrogen (secondary N) is 1. The van der Waals surface area contributed by atoms with Gasteiger partial charge >= 0.3 is 0 Å². The molecule has 3 heteroatoms. The summed E-state index contributed by atoms with van der Waals surface area (Å²) in [6.07, 6.45) is 1.33. The number of hydrogen-bond acceptors (Lipinski definition) is 3. The van der Waals surface area contributed by atoms with Crippen LogP contribution in [-0.2, 0) is 9.47 Å². The standard InChI is InChI=1S/C12H27NO2/c1-6-14-9-7-8-13-10-11(2)15-12(3,4)5/h11,13H,6-10H2,1-5H3. The third-order valence-electron chi connectivity index (χ3n) is 1.83. The van der Waals surface area contributed by atoms with E-state index in [0.29, 0.717) is 0 Å². The van der Waals surface area contributed by atoms with Crippen LogP contribution in [0.5, 0.6) is 0 Å². The van der Waals surface area contributed by atoms with Gasteiger partial charge in [-0.05, 0) is 47.6 Å². The summed E-state index contributed by atoms with van der Waals surface area (Å²) in [6, 6.07) is 0. The summed E-state index contributed by atoms with van der Waals surface area (Å²) in [6.45, 7) is 13.9.